The quantitative estimate of drug-likeness (QED) is 0.531. The largest absolute Gasteiger partial charge is 0.492 e. The minimum atomic E-state index is -0.377. The van der Waals surface area contributed by atoms with Crippen molar-refractivity contribution in [2.24, 2.45) is 0 Å². The Labute approximate surface area is 114 Å². The number of benzene rings is 1. The Morgan fingerprint density at radius 2 is 2.20 bits per heavy atom. The summed E-state index contributed by atoms with van der Waals surface area (Å²) in [5.41, 5.74) is 6.02. The number of carbonyl (C=O) groups is 1. The first kappa shape index (κ1) is 13.6. The first-order valence-electron chi connectivity index (χ1n) is 5.97. The molecule has 0 aliphatic rings. The lowest BCUT2D eigenvalue weighted by atomic mass is 10.3. The number of anilines is 1. The normalized spacial score (nSPS) is 10.0. The van der Waals surface area contributed by atoms with Crippen LogP contribution in [0.3, 0.4) is 0 Å². The van der Waals surface area contributed by atoms with Crippen molar-refractivity contribution in [2.75, 3.05) is 18.9 Å². The van der Waals surface area contributed by atoms with Crippen molar-refractivity contribution in [2.45, 2.75) is 0 Å². The molecule has 20 heavy (non-hydrogen) atoms. The molecular weight excluding hydrogens is 260 g/mol. The van der Waals surface area contributed by atoms with Gasteiger partial charge >= 0.3 is 0 Å². The first-order chi connectivity index (χ1) is 9.65. The number of hydrogen-bond acceptors (Lipinski definition) is 5. The lowest BCUT2D eigenvalue weighted by Crippen LogP contribution is -2.29. The van der Waals surface area contributed by atoms with E-state index in [0.29, 0.717) is 24.6 Å². The number of H-pyrrole nitrogens is 1. The van der Waals surface area contributed by atoms with Gasteiger partial charge < -0.3 is 15.8 Å². The second-order valence-corrected chi connectivity index (χ2v) is 3.98. The van der Waals surface area contributed by atoms with E-state index in [0.717, 1.165) is 0 Å². The molecule has 4 N–H and O–H groups in total. The van der Waals surface area contributed by atoms with E-state index in [9.17, 15) is 9.59 Å². The summed E-state index contributed by atoms with van der Waals surface area (Å²) in [6, 6.07) is 9.62. The predicted octanol–water partition coefficient (Wildman–Crippen LogP) is 0.161. The fraction of sp³-hybridized carbons (Fsp3) is 0.154. The van der Waals surface area contributed by atoms with Crippen molar-refractivity contribution in [3.8, 4) is 5.75 Å². The number of nitrogens with zero attached hydrogens (tertiary/aromatic N) is 1. The minimum absolute atomic E-state index is 0.147. The van der Waals surface area contributed by atoms with Gasteiger partial charge in [-0.05, 0) is 18.2 Å². The second-order valence-electron chi connectivity index (χ2n) is 3.98. The summed E-state index contributed by atoms with van der Waals surface area (Å²) in [6.45, 7) is 0.618. The Morgan fingerprint density at radius 1 is 1.35 bits per heavy atom. The summed E-state index contributed by atoms with van der Waals surface area (Å²) in [4.78, 5) is 22.5. The second kappa shape index (κ2) is 6.37. The molecule has 2 aromatic rings. The van der Waals surface area contributed by atoms with E-state index in [1.807, 2.05) is 0 Å². The molecule has 0 radical (unpaired) electrons. The molecule has 0 aliphatic heterocycles. The van der Waals surface area contributed by atoms with E-state index < -0.39 is 0 Å². The van der Waals surface area contributed by atoms with Crippen LogP contribution in [0.25, 0.3) is 0 Å². The van der Waals surface area contributed by atoms with Crippen LogP contribution in [-0.2, 0) is 0 Å². The van der Waals surface area contributed by atoms with Crippen LogP contribution < -0.4 is 21.3 Å². The SMILES string of the molecule is Nc1cccc(OCCNC(=O)c2ccc(=O)[nH]n2)c1. The summed E-state index contributed by atoms with van der Waals surface area (Å²) in [5, 5.41) is 8.44. The van der Waals surface area contributed by atoms with Gasteiger partial charge in [-0.3, -0.25) is 9.59 Å². The van der Waals surface area contributed by atoms with E-state index >= 15 is 0 Å². The Hall–Kier alpha value is -2.83. The minimum Gasteiger partial charge on any atom is -0.492 e. The molecule has 104 valence electrons. The zero-order valence-corrected chi connectivity index (χ0v) is 10.6. The topological polar surface area (TPSA) is 110 Å². The van der Waals surface area contributed by atoms with Crippen LogP contribution in [0.5, 0.6) is 5.75 Å². The lowest BCUT2D eigenvalue weighted by molar-refractivity contribution is 0.0941. The molecule has 0 bridgehead atoms. The summed E-state index contributed by atoms with van der Waals surface area (Å²) in [5.74, 6) is 0.263. The molecule has 0 saturated heterocycles. The number of rotatable bonds is 5. The van der Waals surface area contributed by atoms with Gasteiger partial charge in [0.25, 0.3) is 11.5 Å². The Kier molecular flexibility index (Phi) is 4.33. The molecule has 0 atom stereocenters. The van der Waals surface area contributed by atoms with Gasteiger partial charge in [0.2, 0.25) is 0 Å². The maximum Gasteiger partial charge on any atom is 0.271 e. The van der Waals surface area contributed by atoms with Gasteiger partial charge in [-0.15, -0.1) is 0 Å². The van der Waals surface area contributed by atoms with Crippen molar-refractivity contribution >= 4 is 11.6 Å². The first-order valence-corrected chi connectivity index (χ1v) is 5.97. The summed E-state index contributed by atoms with van der Waals surface area (Å²) >= 11 is 0. The fourth-order valence-electron chi connectivity index (χ4n) is 1.50. The maximum atomic E-state index is 11.7. The monoisotopic (exact) mass is 274 g/mol. The number of carbonyl (C=O) groups excluding carboxylic acids is 1. The van der Waals surface area contributed by atoms with Gasteiger partial charge in [0.15, 0.2) is 0 Å². The highest BCUT2D eigenvalue weighted by atomic mass is 16.5. The van der Waals surface area contributed by atoms with Crippen LogP contribution in [0.2, 0.25) is 0 Å². The summed E-state index contributed by atoms with van der Waals surface area (Å²) in [6.07, 6.45) is 0. The van der Waals surface area contributed by atoms with Crippen LogP contribution in [0.15, 0.2) is 41.2 Å². The highest BCUT2D eigenvalue weighted by Gasteiger charge is 2.06. The standard InChI is InChI=1S/C13H14N4O3/c14-9-2-1-3-10(8-9)20-7-6-15-13(19)11-4-5-12(18)17-16-11/h1-5,8H,6-7,14H2,(H,15,19)(H,17,18). The van der Waals surface area contributed by atoms with E-state index in [1.54, 1.807) is 24.3 Å². The molecule has 1 aromatic heterocycles. The molecule has 7 nitrogen and oxygen atoms in total. The Morgan fingerprint density at radius 3 is 2.90 bits per heavy atom. The lowest BCUT2D eigenvalue weighted by Gasteiger charge is -2.07. The van der Waals surface area contributed by atoms with Crippen molar-refractivity contribution in [1.29, 1.82) is 0 Å². The number of hydrogen-bond donors (Lipinski definition) is 3. The molecule has 0 saturated carbocycles. The highest BCUT2D eigenvalue weighted by molar-refractivity contribution is 5.91. The van der Waals surface area contributed by atoms with Crippen molar-refractivity contribution < 1.29 is 9.53 Å². The Balaban J connectivity index is 1.77. The number of amides is 1. The van der Waals surface area contributed by atoms with E-state index in [1.165, 1.54) is 12.1 Å². The number of nitrogen functional groups attached to an aromatic ring is 1. The number of nitrogens with one attached hydrogen (secondary N) is 2. The molecule has 1 heterocycles. The van der Waals surface area contributed by atoms with Crippen molar-refractivity contribution in [3.05, 3.63) is 52.4 Å². The average Bonchev–Trinajstić information content (AvgIpc) is 2.44. The third kappa shape index (κ3) is 3.84. The maximum absolute atomic E-state index is 11.7. The third-order valence-corrected chi connectivity index (χ3v) is 2.43. The zero-order valence-electron chi connectivity index (χ0n) is 10.6. The molecule has 0 fully saturated rings. The molecule has 1 aromatic carbocycles. The van der Waals surface area contributed by atoms with Crippen LogP contribution in [0.4, 0.5) is 5.69 Å². The number of ether oxygens (including phenoxy) is 1. The number of aromatic nitrogens is 2. The summed E-state index contributed by atoms with van der Waals surface area (Å²) in [7, 11) is 0. The Bertz CT molecular complexity index is 634. The number of nitrogens with two attached hydrogens (primary N) is 1. The van der Waals surface area contributed by atoms with E-state index in [4.69, 9.17) is 10.5 Å². The van der Waals surface area contributed by atoms with Crippen molar-refractivity contribution in [1.82, 2.24) is 15.5 Å². The third-order valence-electron chi connectivity index (χ3n) is 2.43. The van der Waals surface area contributed by atoms with Gasteiger partial charge in [-0.25, -0.2) is 5.10 Å². The summed E-state index contributed by atoms with van der Waals surface area (Å²) < 4.78 is 5.42. The molecule has 7 heteroatoms. The molecular formula is C13H14N4O3. The van der Waals surface area contributed by atoms with Crippen molar-refractivity contribution in [3.63, 3.8) is 0 Å². The average molecular weight is 274 g/mol. The van der Waals surface area contributed by atoms with Gasteiger partial charge in [0.1, 0.15) is 18.1 Å². The van der Waals surface area contributed by atoms with Crippen LogP contribution in [-0.4, -0.2) is 29.3 Å². The zero-order chi connectivity index (χ0) is 14.4. The van der Waals surface area contributed by atoms with Crippen LogP contribution >= 0.6 is 0 Å². The molecule has 0 aliphatic carbocycles. The van der Waals surface area contributed by atoms with Gasteiger partial charge in [0.05, 0.1) is 6.54 Å². The molecule has 0 unspecified atom stereocenters. The van der Waals surface area contributed by atoms with Crippen LogP contribution in [0.1, 0.15) is 10.5 Å². The molecule has 1 amide bonds. The molecule has 2 rings (SSSR count). The van der Waals surface area contributed by atoms with E-state index in [-0.39, 0.29) is 17.2 Å². The highest BCUT2D eigenvalue weighted by Crippen LogP contribution is 2.13. The fourth-order valence-corrected chi connectivity index (χ4v) is 1.50. The molecule has 0 spiro atoms. The number of aromatic amines is 1. The van der Waals surface area contributed by atoms with Gasteiger partial charge in [-0.2, -0.15) is 5.10 Å². The van der Waals surface area contributed by atoms with Gasteiger partial charge in [-0.1, -0.05) is 6.07 Å². The van der Waals surface area contributed by atoms with Crippen LogP contribution in [0, 0.1) is 0 Å². The smallest absolute Gasteiger partial charge is 0.271 e. The van der Waals surface area contributed by atoms with E-state index in [2.05, 4.69) is 15.5 Å². The predicted molar refractivity (Wildman–Crippen MR) is 73.5 cm³/mol. The van der Waals surface area contributed by atoms with Gasteiger partial charge in [0, 0.05) is 17.8 Å².